The molecule has 3 rings (SSSR count). The number of hydrogen-bond donors (Lipinski definition) is 2. The molecule has 1 aromatic heterocycles. The quantitative estimate of drug-likeness (QED) is 0.323. The third-order valence-corrected chi connectivity index (χ3v) is 4.42. The summed E-state index contributed by atoms with van der Waals surface area (Å²) in [4.78, 5) is 26.7. The number of fused-ring (bicyclic) bond motifs is 1. The Morgan fingerprint density at radius 3 is 2.67 bits per heavy atom. The van der Waals surface area contributed by atoms with Crippen molar-refractivity contribution in [1.82, 2.24) is 4.98 Å². The minimum Gasteiger partial charge on any atom is -0.504 e. The number of aromatic hydroxyl groups is 2. The van der Waals surface area contributed by atoms with Crippen LogP contribution >= 0.6 is 11.3 Å². The number of aromatic nitrogens is 1. The SMILES string of the molecule is COC(=O)c1c(-c2nc3ccccc3s2)cc(O)c(O)c1[N+](=O)[O-]. The number of nitro groups is 1. The van der Waals surface area contributed by atoms with E-state index in [9.17, 15) is 25.1 Å². The maximum atomic E-state index is 12.1. The number of para-hydroxylation sites is 1. The topological polar surface area (TPSA) is 123 Å². The molecule has 2 N–H and O–H groups in total. The molecule has 0 bridgehead atoms. The van der Waals surface area contributed by atoms with Crippen molar-refractivity contribution in [3.63, 3.8) is 0 Å². The predicted octanol–water partition coefficient (Wildman–Crippen LogP) is 3.07. The van der Waals surface area contributed by atoms with Gasteiger partial charge in [0.1, 0.15) is 5.01 Å². The van der Waals surface area contributed by atoms with Crippen LogP contribution in [0.3, 0.4) is 0 Å². The van der Waals surface area contributed by atoms with E-state index in [0.717, 1.165) is 17.9 Å². The van der Waals surface area contributed by atoms with Crippen molar-refractivity contribution >= 4 is 33.2 Å². The fraction of sp³-hybridized carbons (Fsp3) is 0.0667. The summed E-state index contributed by atoms with van der Waals surface area (Å²) in [6.45, 7) is 0. The van der Waals surface area contributed by atoms with E-state index in [0.29, 0.717) is 5.52 Å². The van der Waals surface area contributed by atoms with Crippen LogP contribution in [0.15, 0.2) is 30.3 Å². The predicted molar refractivity (Wildman–Crippen MR) is 86.4 cm³/mol. The van der Waals surface area contributed by atoms with Crippen molar-refractivity contribution < 1.29 is 24.7 Å². The second-order valence-electron chi connectivity index (χ2n) is 4.75. The first kappa shape index (κ1) is 15.7. The van der Waals surface area contributed by atoms with E-state index in [-0.39, 0.29) is 10.6 Å². The van der Waals surface area contributed by atoms with Crippen molar-refractivity contribution in [2.75, 3.05) is 7.11 Å². The van der Waals surface area contributed by atoms with Crippen LogP contribution in [-0.2, 0) is 4.74 Å². The van der Waals surface area contributed by atoms with Crippen LogP contribution in [0.4, 0.5) is 5.69 Å². The lowest BCUT2D eigenvalue weighted by Gasteiger charge is -2.09. The van der Waals surface area contributed by atoms with E-state index in [2.05, 4.69) is 9.72 Å². The van der Waals surface area contributed by atoms with Crippen molar-refractivity contribution in [3.05, 3.63) is 46.0 Å². The molecule has 0 unspecified atom stereocenters. The van der Waals surface area contributed by atoms with Crippen LogP contribution in [0.5, 0.6) is 11.5 Å². The molecule has 0 amide bonds. The number of carbonyl (C=O) groups excluding carboxylic acids is 1. The van der Waals surface area contributed by atoms with Gasteiger partial charge in [0, 0.05) is 5.56 Å². The van der Waals surface area contributed by atoms with E-state index in [1.165, 1.54) is 11.3 Å². The van der Waals surface area contributed by atoms with E-state index >= 15 is 0 Å². The second kappa shape index (κ2) is 5.78. The van der Waals surface area contributed by atoms with Crippen LogP contribution in [0.25, 0.3) is 20.8 Å². The van der Waals surface area contributed by atoms with Gasteiger partial charge >= 0.3 is 11.7 Å². The Hall–Kier alpha value is -3.20. The summed E-state index contributed by atoms with van der Waals surface area (Å²) >= 11 is 1.19. The van der Waals surface area contributed by atoms with Crippen molar-refractivity contribution in [3.8, 4) is 22.1 Å². The molecule has 0 saturated heterocycles. The first-order valence-corrected chi connectivity index (χ1v) is 7.43. The number of carbonyl (C=O) groups is 1. The molecule has 0 aliphatic carbocycles. The largest absolute Gasteiger partial charge is 0.504 e. The molecule has 0 aliphatic rings. The molecule has 0 spiro atoms. The Kier molecular flexibility index (Phi) is 3.78. The van der Waals surface area contributed by atoms with Gasteiger partial charge in [-0.2, -0.15) is 0 Å². The van der Waals surface area contributed by atoms with Gasteiger partial charge in [0.2, 0.25) is 5.75 Å². The van der Waals surface area contributed by atoms with Gasteiger partial charge in [0.15, 0.2) is 11.3 Å². The van der Waals surface area contributed by atoms with E-state index in [1.807, 2.05) is 12.1 Å². The van der Waals surface area contributed by atoms with Crippen LogP contribution in [0.2, 0.25) is 0 Å². The van der Waals surface area contributed by atoms with Gasteiger partial charge in [-0.1, -0.05) is 12.1 Å². The Morgan fingerprint density at radius 1 is 1.33 bits per heavy atom. The number of phenols is 2. The number of esters is 1. The monoisotopic (exact) mass is 346 g/mol. The molecule has 2 aromatic carbocycles. The first-order chi connectivity index (χ1) is 11.4. The highest BCUT2D eigenvalue weighted by Gasteiger charge is 2.33. The minimum absolute atomic E-state index is 0.0186. The highest BCUT2D eigenvalue weighted by Crippen LogP contribution is 2.45. The molecular formula is C15H10N2O6S. The fourth-order valence-corrected chi connectivity index (χ4v) is 3.28. The van der Waals surface area contributed by atoms with Crippen molar-refractivity contribution in [2.24, 2.45) is 0 Å². The third-order valence-electron chi connectivity index (χ3n) is 3.35. The highest BCUT2D eigenvalue weighted by molar-refractivity contribution is 7.21. The number of rotatable bonds is 3. The Bertz CT molecular complexity index is 948. The summed E-state index contributed by atoms with van der Waals surface area (Å²) in [5.74, 6) is -2.72. The molecule has 9 heteroatoms. The third kappa shape index (κ3) is 2.40. The second-order valence-corrected chi connectivity index (χ2v) is 5.78. The molecule has 0 fully saturated rings. The molecule has 3 aromatic rings. The summed E-state index contributed by atoms with van der Waals surface area (Å²) in [5.41, 5.74) is -0.721. The smallest absolute Gasteiger partial charge is 0.345 e. The zero-order chi connectivity index (χ0) is 17.4. The van der Waals surface area contributed by atoms with Crippen molar-refractivity contribution in [2.45, 2.75) is 0 Å². The van der Waals surface area contributed by atoms with Crippen LogP contribution < -0.4 is 0 Å². The van der Waals surface area contributed by atoms with E-state index in [4.69, 9.17) is 0 Å². The number of methoxy groups -OCH3 is 1. The number of phenolic OH excluding ortho intramolecular Hbond substituents is 2. The van der Waals surface area contributed by atoms with Gasteiger partial charge in [-0.15, -0.1) is 11.3 Å². The number of hydrogen-bond acceptors (Lipinski definition) is 8. The molecule has 24 heavy (non-hydrogen) atoms. The van der Waals surface area contributed by atoms with E-state index in [1.54, 1.807) is 12.1 Å². The van der Waals surface area contributed by atoms with Gasteiger partial charge in [-0.3, -0.25) is 10.1 Å². The summed E-state index contributed by atoms with van der Waals surface area (Å²) in [5, 5.41) is 31.2. The van der Waals surface area contributed by atoms with Crippen LogP contribution in [-0.4, -0.2) is 33.2 Å². The van der Waals surface area contributed by atoms with Gasteiger partial charge in [-0.05, 0) is 18.2 Å². The molecule has 0 atom stereocenters. The molecule has 1 heterocycles. The summed E-state index contributed by atoms with van der Waals surface area (Å²) in [6.07, 6.45) is 0. The lowest BCUT2D eigenvalue weighted by atomic mass is 10.0. The summed E-state index contributed by atoms with van der Waals surface area (Å²) in [6, 6.07) is 8.21. The summed E-state index contributed by atoms with van der Waals surface area (Å²) < 4.78 is 5.40. The molecule has 0 saturated carbocycles. The molecule has 0 aliphatic heterocycles. The van der Waals surface area contributed by atoms with Gasteiger partial charge in [-0.25, -0.2) is 9.78 Å². The average molecular weight is 346 g/mol. The number of thiazole rings is 1. The van der Waals surface area contributed by atoms with E-state index < -0.39 is 33.6 Å². The number of benzene rings is 2. The lowest BCUT2D eigenvalue weighted by Crippen LogP contribution is -2.08. The molecule has 122 valence electrons. The molecule has 0 radical (unpaired) electrons. The van der Waals surface area contributed by atoms with Gasteiger partial charge < -0.3 is 14.9 Å². The van der Waals surface area contributed by atoms with Gasteiger partial charge in [0.25, 0.3) is 0 Å². The summed E-state index contributed by atoms with van der Waals surface area (Å²) in [7, 11) is 1.07. The lowest BCUT2D eigenvalue weighted by molar-refractivity contribution is -0.386. The fourth-order valence-electron chi connectivity index (χ4n) is 2.29. The maximum Gasteiger partial charge on any atom is 0.345 e. The Labute approximate surface area is 138 Å². The van der Waals surface area contributed by atoms with Crippen LogP contribution in [0.1, 0.15) is 10.4 Å². The standard InChI is InChI=1S/C15H10N2O6S/c1-23-15(20)11-7(6-9(18)13(19)12(11)17(21)22)14-16-8-4-2-3-5-10(8)24-14/h2-6,18-19H,1H3. The Balaban J connectivity index is 2.38. The zero-order valence-corrected chi connectivity index (χ0v) is 13.0. The number of nitrogens with zero attached hydrogens (tertiary/aromatic N) is 2. The minimum atomic E-state index is -1.01. The number of ether oxygens (including phenoxy) is 1. The normalized spacial score (nSPS) is 10.7. The maximum absolute atomic E-state index is 12.1. The van der Waals surface area contributed by atoms with Gasteiger partial charge in [0.05, 0.1) is 22.2 Å². The first-order valence-electron chi connectivity index (χ1n) is 6.61. The molecule has 8 nitrogen and oxygen atoms in total. The molecular weight excluding hydrogens is 336 g/mol. The zero-order valence-electron chi connectivity index (χ0n) is 12.2. The van der Waals surface area contributed by atoms with Crippen molar-refractivity contribution in [1.29, 1.82) is 0 Å². The highest BCUT2D eigenvalue weighted by atomic mass is 32.1. The Morgan fingerprint density at radius 2 is 2.04 bits per heavy atom. The van der Waals surface area contributed by atoms with Crippen LogP contribution in [0, 0.1) is 10.1 Å². The number of nitro benzene ring substituents is 1. The average Bonchev–Trinajstić information content (AvgIpc) is 2.99.